The molecule has 0 bridgehead atoms. The van der Waals surface area contributed by atoms with E-state index in [2.05, 4.69) is 10.6 Å². The van der Waals surface area contributed by atoms with Gasteiger partial charge in [0.2, 0.25) is 11.5 Å². The van der Waals surface area contributed by atoms with E-state index < -0.39 is 41.7 Å². The van der Waals surface area contributed by atoms with Crippen LogP contribution in [-0.2, 0) is 32.9 Å². The first kappa shape index (κ1) is 25.6. The molecule has 2 aromatic rings. The van der Waals surface area contributed by atoms with Crippen molar-refractivity contribution in [1.82, 2.24) is 15.1 Å². The van der Waals surface area contributed by atoms with Gasteiger partial charge in [-0.2, -0.15) is 0 Å². The second kappa shape index (κ2) is 9.70. The summed E-state index contributed by atoms with van der Waals surface area (Å²) in [6.07, 6.45) is 1.63. The molecule has 1 heterocycles. The average Bonchev–Trinajstić information content (AvgIpc) is 3.65. The van der Waals surface area contributed by atoms with Gasteiger partial charge in [0, 0.05) is 37.3 Å². The fraction of sp³-hybridized carbons (Fsp3) is 0.407. The first-order valence-electron chi connectivity index (χ1n) is 12.5. The smallest absolute Gasteiger partial charge is 0.418 e. The molecule has 200 valence electrons. The summed E-state index contributed by atoms with van der Waals surface area (Å²) < 4.78 is 32.9. The van der Waals surface area contributed by atoms with Crippen molar-refractivity contribution in [2.45, 2.75) is 50.8 Å². The van der Waals surface area contributed by atoms with Gasteiger partial charge in [-0.3, -0.25) is 9.59 Å². The van der Waals surface area contributed by atoms with Crippen LogP contribution in [0.2, 0.25) is 0 Å². The highest BCUT2D eigenvalue weighted by atomic mass is 19.2. The number of aryl methyl sites for hydroxylation is 1. The van der Waals surface area contributed by atoms with E-state index in [-0.39, 0.29) is 31.0 Å². The van der Waals surface area contributed by atoms with Crippen LogP contribution in [0.1, 0.15) is 42.9 Å². The molecule has 0 aromatic heterocycles. The van der Waals surface area contributed by atoms with E-state index >= 15 is 0 Å². The molecule has 5 rings (SSSR count). The van der Waals surface area contributed by atoms with E-state index in [1.807, 2.05) is 6.92 Å². The maximum absolute atomic E-state index is 13.8. The summed E-state index contributed by atoms with van der Waals surface area (Å²) in [5, 5.41) is 5.13. The number of imide groups is 1. The molecule has 1 saturated carbocycles. The molecule has 2 atom stereocenters. The number of ether oxygens (including phenoxy) is 1. The van der Waals surface area contributed by atoms with Gasteiger partial charge in [-0.1, -0.05) is 12.1 Å². The number of nitrogens with zero attached hydrogens (tertiary/aromatic N) is 2. The number of carbonyl (C=O) groups excluding carboxylic acids is 4. The fourth-order valence-corrected chi connectivity index (χ4v) is 5.28. The zero-order valence-corrected chi connectivity index (χ0v) is 21.1. The van der Waals surface area contributed by atoms with Crippen molar-refractivity contribution in [3.8, 4) is 0 Å². The molecule has 1 spiro atoms. The molecule has 9 nitrogen and oxygen atoms in total. The molecular weight excluding hydrogens is 498 g/mol. The number of urea groups is 1. The van der Waals surface area contributed by atoms with Gasteiger partial charge in [-0.15, -0.1) is 0 Å². The standard InChI is InChI=1S/C27H28F2N4O5/c1-15(17-4-5-17)32(13-16-3-8-21(28)22(29)11-16)23(34)14-33-24(35)27(38-26(33)37)10-9-18-12-19(6-7-20(18)27)31-25(36)30-2/h3,6-8,11-12,15,17H,4-5,9-10,13-14H2,1-2H3,(H2,30,31,36)/t15?,27-/m1/s1. The predicted molar refractivity (Wildman–Crippen MR) is 132 cm³/mol. The minimum atomic E-state index is -1.52. The number of anilines is 1. The van der Waals surface area contributed by atoms with Crippen LogP contribution >= 0.6 is 0 Å². The van der Waals surface area contributed by atoms with Crippen LogP contribution in [0.4, 0.5) is 24.1 Å². The predicted octanol–water partition coefficient (Wildman–Crippen LogP) is 3.66. The first-order valence-corrected chi connectivity index (χ1v) is 12.5. The minimum absolute atomic E-state index is 0.0138. The number of rotatable bonds is 7. The van der Waals surface area contributed by atoms with Crippen LogP contribution in [-0.4, -0.2) is 53.4 Å². The number of carbonyl (C=O) groups is 4. The van der Waals surface area contributed by atoms with Crippen LogP contribution in [0.25, 0.3) is 0 Å². The Hall–Kier alpha value is -4.02. The molecule has 5 amide bonds. The number of fused-ring (bicyclic) bond motifs is 2. The highest BCUT2D eigenvalue weighted by molar-refractivity contribution is 6.06. The maximum Gasteiger partial charge on any atom is 0.418 e. The number of hydrogen-bond donors (Lipinski definition) is 2. The van der Waals surface area contributed by atoms with Crippen LogP contribution in [0.15, 0.2) is 36.4 Å². The van der Waals surface area contributed by atoms with Gasteiger partial charge in [-0.05, 0) is 67.5 Å². The molecule has 38 heavy (non-hydrogen) atoms. The average molecular weight is 527 g/mol. The van der Waals surface area contributed by atoms with E-state index in [1.165, 1.54) is 18.0 Å². The molecule has 1 aliphatic heterocycles. The van der Waals surface area contributed by atoms with E-state index in [1.54, 1.807) is 18.2 Å². The molecule has 2 N–H and O–H groups in total. The third kappa shape index (κ3) is 4.57. The second-order valence-electron chi connectivity index (χ2n) is 10.0. The maximum atomic E-state index is 13.8. The highest BCUT2D eigenvalue weighted by Gasteiger charge is 2.58. The van der Waals surface area contributed by atoms with Crippen molar-refractivity contribution in [1.29, 1.82) is 0 Å². The summed E-state index contributed by atoms with van der Waals surface area (Å²) in [4.78, 5) is 53.9. The first-order chi connectivity index (χ1) is 18.1. The topological polar surface area (TPSA) is 108 Å². The normalized spacial score (nSPS) is 20.8. The molecule has 1 unspecified atom stereocenters. The number of nitrogens with one attached hydrogen (secondary N) is 2. The molecule has 11 heteroatoms. The molecular formula is C27H28F2N4O5. The molecule has 2 fully saturated rings. The number of benzene rings is 2. The van der Waals surface area contributed by atoms with Crippen molar-refractivity contribution in [3.05, 3.63) is 64.7 Å². The Morgan fingerprint density at radius 3 is 2.61 bits per heavy atom. The van der Waals surface area contributed by atoms with E-state index in [4.69, 9.17) is 4.74 Å². The Kier molecular flexibility index (Phi) is 6.54. The summed E-state index contributed by atoms with van der Waals surface area (Å²) in [5.41, 5.74) is 0.702. The van der Waals surface area contributed by atoms with E-state index in [0.717, 1.165) is 35.4 Å². The van der Waals surface area contributed by atoms with Gasteiger partial charge >= 0.3 is 12.1 Å². The third-order valence-electron chi connectivity index (χ3n) is 7.59. The van der Waals surface area contributed by atoms with Crippen molar-refractivity contribution < 1.29 is 32.7 Å². The fourth-order valence-electron chi connectivity index (χ4n) is 5.28. The van der Waals surface area contributed by atoms with Crippen molar-refractivity contribution >= 4 is 29.6 Å². The van der Waals surface area contributed by atoms with Crippen molar-refractivity contribution in [2.24, 2.45) is 5.92 Å². The monoisotopic (exact) mass is 526 g/mol. The lowest BCUT2D eigenvalue weighted by Gasteiger charge is -2.30. The molecule has 2 aromatic carbocycles. The lowest BCUT2D eigenvalue weighted by molar-refractivity contribution is -0.143. The SMILES string of the molecule is CNC(=O)Nc1ccc2c(c1)CC[C@@]21OC(=O)N(CC(=O)N(Cc2ccc(F)c(F)c2)C(C)C2CC2)C1=O. The highest BCUT2D eigenvalue weighted by Crippen LogP contribution is 2.46. The lowest BCUT2D eigenvalue weighted by Crippen LogP contribution is -2.47. The molecule has 2 aliphatic carbocycles. The number of amides is 5. The van der Waals surface area contributed by atoms with Gasteiger partial charge in [0.05, 0.1) is 0 Å². The Balaban J connectivity index is 1.35. The summed E-state index contributed by atoms with van der Waals surface area (Å²) in [7, 11) is 1.49. The van der Waals surface area contributed by atoms with Gasteiger partial charge in [0.1, 0.15) is 6.54 Å². The summed E-state index contributed by atoms with van der Waals surface area (Å²) in [5.74, 6) is -2.84. The Bertz CT molecular complexity index is 1330. The molecule has 0 radical (unpaired) electrons. The molecule has 3 aliphatic rings. The Morgan fingerprint density at radius 2 is 1.92 bits per heavy atom. The largest absolute Gasteiger partial charge is 0.427 e. The van der Waals surface area contributed by atoms with Gasteiger partial charge in [0.15, 0.2) is 11.6 Å². The Labute approximate surface area is 218 Å². The van der Waals surface area contributed by atoms with Crippen LogP contribution in [0.5, 0.6) is 0 Å². The summed E-state index contributed by atoms with van der Waals surface area (Å²) >= 11 is 0. The van der Waals surface area contributed by atoms with Gasteiger partial charge in [0.25, 0.3) is 5.91 Å². The minimum Gasteiger partial charge on any atom is -0.427 e. The summed E-state index contributed by atoms with van der Waals surface area (Å²) in [6, 6.07) is 7.86. The molecule has 1 saturated heterocycles. The zero-order valence-electron chi connectivity index (χ0n) is 21.1. The number of hydrogen-bond acceptors (Lipinski definition) is 5. The van der Waals surface area contributed by atoms with Gasteiger partial charge in [-0.25, -0.2) is 23.3 Å². The quantitative estimate of drug-likeness (QED) is 0.573. The van der Waals surface area contributed by atoms with E-state index in [9.17, 15) is 28.0 Å². The van der Waals surface area contributed by atoms with E-state index in [0.29, 0.717) is 23.2 Å². The second-order valence-corrected chi connectivity index (χ2v) is 10.0. The zero-order chi connectivity index (χ0) is 27.2. The van der Waals surface area contributed by atoms with Crippen LogP contribution in [0, 0.1) is 17.6 Å². The van der Waals surface area contributed by atoms with Crippen LogP contribution < -0.4 is 10.6 Å². The van der Waals surface area contributed by atoms with Crippen LogP contribution in [0.3, 0.4) is 0 Å². The lowest BCUT2D eigenvalue weighted by atomic mass is 9.94. The Morgan fingerprint density at radius 1 is 1.16 bits per heavy atom. The summed E-state index contributed by atoms with van der Waals surface area (Å²) in [6.45, 7) is 1.37. The van der Waals surface area contributed by atoms with Crippen molar-refractivity contribution in [2.75, 3.05) is 18.9 Å². The van der Waals surface area contributed by atoms with Gasteiger partial charge < -0.3 is 20.3 Å². The van der Waals surface area contributed by atoms with Crippen molar-refractivity contribution in [3.63, 3.8) is 0 Å². The third-order valence-corrected chi connectivity index (χ3v) is 7.59. The number of halogens is 2.